The zero-order valence-electron chi connectivity index (χ0n) is 12.8. The van der Waals surface area contributed by atoms with Crippen molar-refractivity contribution in [3.05, 3.63) is 18.0 Å². The molecule has 0 aliphatic carbocycles. The number of rotatable bonds is 5. The molecule has 2 rings (SSSR count). The van der Waals surface area contributed by atoms with Gasteiger partial charge in [-0.05, 0) is 25.8 Å². The van der Waals surface area contributed by atoms with E-state index in [1.165, 1.54) is 12.1 Å². The molecule has 2 heterocycles. The predicted molar refractivity (Wildman–Crippen MR) is 79.1 cm³/mol. The molecule has 1 aliphatic rings. The smallest absolute Gasteiger partial charge is 0.0765 e. The van der Waals surface area contributed by atoms with Gasteiger partial charge in [0.2, 0.25) is 0 Å². The van der Waals surface area contributed by atoms with E-state index in [1.54, 1.807) is 0 Å². The molecule has 1 saturated heterocycles. The first-order valence-electron chi connectivity index (χ1n) is 7.60. The summed E-state index contributed by atoms with van der Waals surface area (Å²) in [5.41, 5.74) is 1.20. The Balaban J connectivity index is 2.02. The summed E-state index contributed by atoms with van der Waals surface area (Å²) < 4.78 is 2.05. The lowest BCUT2D eigenvalue weighted by molar-refractivity contribution is 0.107. The number of nitrogens with zero attached hydrogens (tertiary/aromatic N) is 3. The van der Waals surface area contributed by atoms with Crippen LogP contribution in [0.5, 0.6) is 0 Å². The largest absolute Gasteiger partial charge is 0.314 e. The summed E-state index contributed by atoms with van der Waals surface area (Å²) in [4.78, 5) is 2.59. The molecule has 1 fully saturated rings. The van der Waals surface area contributed by atoms with Crippen molar-refractivity contribution in [3.63, 3.8) is 0 Å². The van der Waals surface area contributed by atoms with E-state index >= 15 is 0 Å². The molecule has 0 saturated carbocycles. The molecule has 0 bridgehead atoms. The summed E-state index contributed by atoms with van der Waals surface area (Å²) in [6, 6.07) is 3.25. The van der Waals surface area contributed by atoms with Crippen molar-refractivity contribution in [1.29, 1.82) is 0 Å². The number of hydrogen-bond acceptors (Lipinski definition) is 3. The molecule has 19 heavy (non-hydrogen) atoms. The highest BCUT2D eigenvalue weighted by Gasteiger charge is 2.26. The Bertz CT molecular complexity index is 385. The average Bonchev–Trinajstić information content (AvgIpc) is 2.87. The topological polar surface area (TPSA) is 33.1 Å². The summed E-state index contributed by atoms with van der Waals surface area (Å²) >= 11 is 0. The van der Waals surface area contributed by atoms with Crippen LogP contribution in [0.1, 0.15) is 45.9 Å². The van der Waals surface area contributed by atoms with Crippen LogP contribution < -0.4 is 5.32 Å². The van der Waals surface area contributed by atoms with Crippen molar-refractivity contribution in [1.82, 2.24) is 20.0 Å². The van der Waals surface area contributed by atoms with E-state index in [4.69, 9.17) is 0 Å². The molecule has 1 N–H and O–H groups in total. The SMILES string of the molecule is CCC(C)C1CNCCN1Cc1ccn(C(C)C)n1. The first-order chi connectivity index (χ1) is 9.11. The summed E-state index contributed by atoms with van der Waals surface area (Å²) in [7, 11) is 0. The highest BCUT2D eigenvalue weighted by atomic mass is 15.3. The fourth-order valence-electron chi connectivity index (χ4n) is 2.75. The zero-order valence-corrected chi connectivity index (χ0v) is 12.8. The molecule has 0 aromatic carbocycles. The van der Waals surface area contributed by atoms with Crippen molar-refractivity contribution in [2.75, 3.05) is 19.6 Å². The van der Waals surface area contributed by atoms with Gasteiger partial charge in [0, 0.05) is 44.5 Å². The Hall–Kier alpha value is -0.870. The Labute approximate surface area is 117 Å². The van der Waals surface area contributed by atoms with Gasteiger partial charge in [-0.3, -0.25) is 9.58 Å². The van der Waals surface area contributed by atoms with Crippen LogP contribution in [-0.4, -0.2) is 40.4 Å². The first kappa shape index (κ1) is 14.5. The van der Waals surface area contributed by atoms with Gasteiger partial charge in [0.1, 0.15) is 0 Å². The van der Waals surface area contributed by atoms with Crippen molar-refractivity contribution >= 4 is 0 Å². The normalized spacial score (nSPS) is 22.9. The molecule has 0 radical (unpaired) electrons. The van der Waals surface area contributed by atoms with E-state index in [2.05, 4.69) is 60.0 Å². The molecule has 0 spiro atoms. The molecule has 1 aromatic heterocycles. The van der Waals surface area contributed by atoms with Gasteiger partial charge in [0.05, 0.1) is 5.69 Å². The molecule has 1 aliphatic heterocycles. The van der Waals surface area contributed by atoms with Gasteiger partial charge >= 0.3 is 0 Å². The molecule has 4 nitrogen and oxygen atoms in total. The second-order valence-electron chi connectivity index (χ2n) is 6.01. The number of aromatic nitrogens is 2. The average molecular weight is 264 g/mol. The van der Waals surface area contributed by atoms with Crippen LogP contribution in [0.15, 0.2) is 12.3 Å². The van der Waals surface area contributed by atoms with Crippen LogP contribution in [-0.2, 0) is 6.54 Å². The van der Waals surface area contributed by atoms with Gasteiger partial charge in [0.25, 0.3) is 0 Å². The minimum atomic E-state index is 0.446. The molecule has 0 amide bonds. The lowest BCUT2D eigenvalue weighted by atomic mass is 9.96. The summed E-state index contributed by atoms with van der Waals surface area (Å²) in [6.45, 7) is 13.3. The van der Waals surface area contributed by atoms with E-state index in [-0.39, 0.29) is 0 Å². The van der Waals surface area contributed by atoms with Crippen LogP contribution in [0, 0.1) is 5.92 Å². The second kappa shape index (κ2) is 6.53. The maximum Gasteiger partial charge on any atom is 0.0765 e. The monoisotopic (exact) mass is 264 g/mol. The Morgan fingerprint density at radius 1 is 1.42 bits per heavy atom. The standard InChI is InChI=1S/C15H28N4/c1-5-13(4)15-10-16-7-9-18(15)11-14-6-8-19(17-14)12(2)3/h6,8,12-13,15-16H,5,7,9-11H2,1-4H3. The summed E-state index contributed by atoms with van der Waals surface area (Å²) in [6.07, 6.45) is 3.34. The van der Waals surface area contributed by atoms with Gasteiger partial charge in [-0.25, -0.2) is 0 Å². The first-order valence-corrected chi connectivity index (χ1v) is 7.60. The molecular formula is C15H28N4. The molecular weight excluding hydrogens is 236 g/mol. The third-order valence-corrected chi connectivity index (χ3v) is 4.26. The predicted octanol–water partition coefficient (Wildman–Crippen LogP) is 2.28. The van der Waals surface area contributed by atoms with Crippen molar-refractivity contribution in [2.24, 2.45) is 5.92 Å². The Morgan fingerprint density at radius 2 is 2.21 bits per heavy atom. The van der Waals surface area contributed by atoms with E-state index in [9.17, 15) is 0 Å². The van der Waals surface area contributed by atoms with Gasteiger partial charge in [-0.15, -0.1) is 0 Å². The van der Waals surface area contributed by atoms with Crippen molar-refractivity contribution in [3.8, 4) is 0 Å². The maximum atomic E-state index is 4.68. The quantitative estimate of drug-likeness (QED) is 0.886. The van der Waals surface area contributed by atoms with E-state index in [0.717, 1.165) is 32.1 Å². The van der Waals surface area contributed by atoms with Crippen LogP contribution in [0.25, 0.3) is 0 Å². The number of nitrogens with one attached hydrogen (secondary N) is 1. The maximum absolute atomic E-state index is 4.68. The van der Waals surface area contributed by atoms with Gasteiger partial charge in [0.15, 0.2) is 0 Å². The lowest BCUT2D eigenvalue weighted by Crippen LogP contribution is -2.53. The highest BCUT2D eigenvalue weighted by Crippen LogP contribution is 2.18. The van der Waals surface area contributed by atoms with E-state index < -0.39 is 0 Å². The molecule has 2 unspecified atom stereocenters. The number of piperazine rings is 1. The van der Waals surface area contributed by atoms with Crippen molar-refractivity contribution < 1.29 is 0 Å². The van der Waals surface area contributed by atoms with Gasteiger partial charge < -0.3 is 5.32 Å². The molecule has 108 valence electrons. The minimum absolute atomic E-state index is 0.446. The fraction of sp³-hybridized carbons (Fsp3) is 0.800. The second-order valence-corrected chi connectivity index (χ2v) is 6.01. The van der Waals surface area contributed by atoms with E-state index in [0.29, 0.717) is 12.1 Å². The molecule has 1 aromatic rings. The Morgan fingerprint density at radius 3 is 2.84 bits per heavy atom. The minimum Gasteiger partial charge on any atom is -0.314 e. The van der Waals surface area contributed by atoms with Gasteiger partial charge in [-0.1, -0.05) is 20.3 Å². The van der Waals surface area contributed by atoms with Crippen LogP contribution in [0.4, 0.5) is 0 Å². The van der Waals surface area contributed by atoms with Gasteiger partial charge in [-0.2, -0.15) is 5.10 Å². The van der Waals surface area contributed by atoms with Crippen LogP contribution in [0.2, 0.25) is 0 Å². The number of hydrogen-bond donors (Lipinski definition) is 1. The van der Waals surface area contributed by atoms with Crippen LogP contribution in [0.3, 0.4) is 0 Å². The molecule has 4 heteroatoms. The fourth-order valence-corrected chi connectivity index (χ4v) is 2.75. The lowest BCUT2D eigenvalue weighted by Gasteiger charge is -2.39. The third-order valence-electron chi connectivity index (χ3n) is 4.26. The summed E-state index contributed by atoms with van der Waals surface area (Å²) in [5, 5.41) is 8.20. The van der Waals surface area contributed by atoms with Crippen LogP contribution >= 0.6 is 0 Å². The van der Waals surface area contributed by atoms with E-state index in [1.807, 2.05) is 0 Å². The third kappa shape index (κ3) is 3.57. The Kier molecular flexibility index (Phi) is 4.99. The zero-order chi connectivity index (χ0) is 13.8. The van der Waals surface area contributed by atoms with Crippen molar-refractivity contribution in [2.45, 2.75) is 52.7 Å². The highest BCUT2D eigenvalue weighted by molar-refractivity contribution is 5.01. The summed E-state index contributed by atoms with van der Waals surface area (Å²) in [5.74, 6) is 0.736. The molecule has 2 atom stereocenters.